The SMILES string of the molecule is CCCCC/C=C\C/C=C\C/C=C\CCCCCCCCCCC(=O)NC(COP(=O)([O-])OCC[N+](C)(C)C)C(/C=C\CCCCCCCCCCCC)OC(=O)CC/C=C/C/C=C\CCCCCCCC. The molecular weight excluding hydrogens is 916 g/mol. The first-order chi connectivity index (χ1) is 34.9. The zero-order valence-corrected chi connectivity index (χ0v) is 48.5. The lowest BCUT2D eigenvalue weighted by atomic mass is 10.0. The largest absolute Gasteiger partial charge is 0.756 e. The zero-order valence-electron chi connectivity index (χ0n) is 47.6. The monoisotopic (exact) mass is 1030 g/mol. The van der Waals surface area contributed by atoms with E-state index in [1.54, 1.807) is 0 Å². The maximum Gasteiger partial charge on any atom is 0.306 e. The van der Waals surface area contributed by atoms with Gasteiger partial charge in [-0.2, -0.15) is 0 Å². The number of quaternary nitrogens is 1. The number of phosphoric acid groups is 1. The second kappa shape index (κ2) is 51.9. The third-order valence-corrected chi connectivity index (χ3v) is 13.8. The van der Waals surface area contributed by atoms with Gasteiger partial charge in [-0.05, 0) is 89.5 Å². The first kappa shape index (κ1) is 69.5. The van der Waals surface area contributed by atoms with Gasteiger partial charge in [0.25, 0.3) is 7.82 Å². The quantitative estimate of drug-likeness (QED) is 0.0212. The first-order valence-corrected chi connectivity index (χ1v) is 31.2. The van der Waals surface area contributed by atoms with E-state index in [-0.39, 0.29) is 18.9 Å². The average molecular weight is 1030 g/mol. The minimum absolute atomic E-state index is 0.0335. The first-order valence-electron chi connectivity index (χ1n) is 29.7. The number of rotatable bonds is 53. The number of hydrogen-bond acceptors (Lipinski definition) is 7. The Labute approximate surface area is 444 Å². The fraction of sp³-hybridized carbons (Fsp3) is 0.774. The molecule has 0 aliphatic carbocycles. The number of allylic oxidation sites excluding steroid dienone is 11. The summed E-state index contributed by atoms with van der Waals surface area (Å²) >= 11 is 0. The molecule has 0 bridgehead atoms. The van der Waals surface area contributed by atoms with E-state index in [0.717, 1.165) is 77.0 Å². The fourth-order valence-electron chi connectivity index (χ4n) is 8.23. The summed E-state index contributed by atoms with van der Waals surface area (Å²) in [6, 6.07) is -0.916. The number of esters is 1. The van der Waals surface area contributed by atoms with Crippen molar-refractivity contribution in [2.75, 3.05) is 40.9 Å². The minimum atomic E-state index is -4.71. The number of nitrogens with zero attached hydrogens (tertiary/aromatic N) is 1. The van der Waals surface area contributed by atoms with E-state index in [4.69, 9.17) is 13.8 Å². The molecule has 3 atom stereocenters. The van der Waals surface area contributed by atoms with Crippen LogP contribution in [-0.4, -0.2) is 69.4 Å². The highest BCUT2D eigenvalue weighted by Crippen LogP contribution is 2.38. The van der Waals surface area contributed by atoms with Crippen LogP contribution in [0.15, 0.2) is 72.9 Å². The molecule has 3 unspecified atom stereocenters. The number of nitrogens with one attached hydrogen (secondary N) is 1. The van der Waals surface area contributed by atoms with Gasteiger partial charge in [-0.3, -0.25) is 14.2 Å². The Morgan fingerprint density at radius 1 is 0.486 bits per heavy atom. The van der Waals surface area contributed by atoms with Gasteiger partial charge in [0.05, 0.1) is 33.8 Å². The summed E-state index contributed by atoms with van der Waals surface area (Å²) in [4.78, 5) is 39.8. The Hall–Kier alpha value is -2.55. The highest BCUT2D eigenvalue weighted by atomic mass is 31.2. The molecule has 0 spiro atoms. The molecule has 0 saturated carbocycles. The fourth-order valence-corrected chi connectivity index (χ4v) is 8.95. The Morgan fingerprint density at radius 2 is 0.861 bits per heavy atom. The van der Waals surface area contributed by atoms with Crippen molar-refractivity contribution in [3.63, 3.8) is 0 Å². The predicted molar refractivity (Wildman–Crippen MR) is 307 cm³/mol. The van der Waals surface area contributed by atoms with Crippen molar-refractivity contribution in [1.82, 2.24) is 5.32 Å². The van der Waals surface area contributed by atoms with Crippen molar-refractivity contribution in [2.45, 2.75) is 270 Å². The van der Waals surface area contributed by atoms with Crippen LogP contribution in [0.4, 0.5) is 0 Å². The van der Waals surface area contributed by atoms with Gasteiger partial charge in [0.1, 0.15) is 19.3 Å². The van der Waals surface area contributed by atoms with E-state index in [0.29, 0.717) is 23.9 Å². The third kappa shape index (κ3) is 52.3. The molecule has 1 N–H and O–H groups in total. The van der Waals surface area contributed by atoms with E-state index < -0.39 is 32.5 Å². The molecule has 418 valence electrons. The van der Waals surface area contributed by atoms with Crippen molar-refractivity contribution in [3.8, 4) is 0 Å². The summed E-state index contributed by atoms with van der Waals surface area (Å²) < 4.78 is 30.2. The highest BCUT2D eigenvalue weighted by molar-refractivity contribution is 7.45. The summed E-state index contributed by atoms with van der Waals surface area (Å²) in [6.07, 6.45) is 65.9. The minimum Gasteiger partial charge on any atom is -0.756 e. The van der Waals surface area contributed by atoms with Gasteiger partial charge < -0.3 is 28.5 Å². The van der Waals surface area contributed by atoms with Gasteiger partial charge in [0, 0.05) is 12.8 Å². The van der Waals surface area contributed by atoms with E-state index in [9.17, 15) is 19.0 Å². The molecule has 0 heterocycles. The number of amides is 1. The summed E-state index contributed by atoms with van der Waals surface area (Å²) in [5, 5.41) is 3.00. The molecule has 0 aliphatic rings. The third-order valence-electron chi connectivity index (χ3n) is 12.9. The molecule has 1 amide bonds. The van der Waals surface area contributed by atoms with Crippen LogP contribution in [0.2, 0.25) is 0 Å². The highest BCUT2D eigenvalue weighted by Gasteiger charge is 2.27. The van der Waals surface area contributed by atoms with Crippen LogP contribution in [0.1, 0.15) is 258 Å². The molecule has 0 aromatic carbocycles. The van der Waals surface area contributed by atoms with E-state index in [1.807, 2.05) is 39.4 Å². The molecule has 0 radical (unpaired) electrons. The number of ether oxygens (including phenoxy) is 1. The zero-order chi connectivity index (χ0) is 52.9. The maximum atomic E-state index is 13.5. The van der Waals surface area contributed by atoms with Crippen molar-refractivity contribution in [1.29, 1.82) is 0 Å². The van der Waals surface area contributed by atoms with Gasteiger partial charge in [-0.25, -0.2) is 0 Å². The maximum absolute atomic E-state index is 13.5. The summed E-state index contributed by atoms with van der Waals surface area (Å²) in [7, 11) is 1.15. The summed E-state index contributed by atoms with van der Waals surface area (Å²) in [5.41, 5.74) is 0. The summed E-state index contributed by atoms with van der Waals surface area (Å²) in [5.74, 6) is -0.628. The molecule has 0 fully saturated rings. The van der Waals surface area contributed by atoms with Crippen LogP contribution >= 0.6 is 7.82 Å². The van der Waals surface area contributed by atoms with Crippen LogP contribution < -0.4 is 10.2 Å². The lowest BCUT2D eigenvalue weighted by molar-refractivity contribution is -0.870. The van der Waals surface area contributed by atoms with Crippen LogP contribution in [0.25, 0.3) is 0 Å². The van der Waals surface area contributed by atoms with Gasteiger partial charge in [-0.15, -0.1) is 0 Å². The van der Waals surface area contributed by atoms with Crippen molar-refractivity contribution < 1.29 is 37.3 Å². The predicted octanol–water partition coefficient (Wildman–Crippen LogP) is 17.4. The Balaban J connectivity index is 5.32. The molecule has 0 rings (SSSR count). The van der Waals surface area contributed by atoms with Crippen molar-refractivity contribution in [3.05, 3.63) is 72.9 Å². The number of unbranched alkanes of at least 4 members (excludes halogenated alkanes) is 27. The van der Waals surface area contributed by atoms with Crippen LogP contribution in [0, 0.1) is 0 Å². The smallest absolute Gasteiger partial charge is 0.306 e. The molecule has 0 aliphatic heterocycles. The summed E-state index contributed by atoms with van der Waals surface area (Å²) in [6.45, 7) is 6.76. The molecule has 0 saturated heterocycles. The number of carbonyl (C=O) groups is 2. The number of phosphoric ester groups is 1. The number of carbonyl (C=O) groups excluding carboxylic acids is 2. The molecule has 72 heavy (non-hydrogen) atoms. The number of hydrogen-bond donors (Lipinski definition) is 1. The molecule has 0 aromatic heterocycles. The Morgan fingerprint density at radius 3 is 1.32 bits per heavy atom. The van der Waals surface area contributed by atoms with Gasteiger partial charge >= 0.3 is 5.97 Å². The standard InChI is InChI=1S/C62H113N2O7P/c1-7-10-13-16-19-22-25-28-29-30-31-32-33-34-35-37-39-42-45-48-51-54-61(65)63-59(58-70-72(67,68)69-57-56-64(4,5)6)60(53-50-47-44-41-38-27-24-21-18-15-12-9-3)71-62(66)55-52-49-46-43-40-36-26-23-20-17-14-11-8-2/h19,22,28-29,31-32,36,40,46,49-50,53,59-60H,7-18,20-21,23-27,30,33-35,37-39,41-45,47-48,51-52,54-58H2,1-6H3,(H-,63,65,67,68)/b22-19-,29-28-,32-31-,40-36-,49-46+,53-50-. The van der Waals surface area contributed by atoms with Gasteiger partial charge in [-0.1, -0.05) is 229 Å². The topological polar surface area (TPSA) is 114 Å². The van der Waals surface area contributed by atoms with Gasteiger partial charge in [0.2, 0.25) is 5.91 Å². The van der Waals surface area contributed by atoms with Gasteiger partial charge in [0.15, 0.2) is 0 Å². The van der Waals surface area contributed by atoms with E-state index in [1.165, 1.54) is 141 Å². The average Bonchev–Trinajstić information content (AvgIpc) is 3.34. The molecule has 9 nitrogen and oxygen atoms in total. The van der Waals surface area contributed by atoms with E-state index >= 15 is 0 Å². The molecule has 0 aromatic rings. The van der Waals surface area contributed by atoms with Crippen LogP contribution in [0.3, 0.4) is 0 Å². The Kier molecular flexibility index (Phi) is 50.1. The second-order valence-electron chi connectivity index (χ2n) is 21.1. The molecular formula is C62H113N2O7P. The van der Waals surface area contributed by atoms with E-state index in [2.05, 4.69) is 80.8 Å². The number of likely N-dealkylation sites (N-methyl/N-ethyl adjacent to an activating group) is 1. The van der Waals surface area contributed by atoms with Crippen LogP contribution in [0.5, 0.6) is 0 Å². The van der Waals surface area contributed by atoms with Crippen molar-refractivity contribution >= 4 is 19.7 Å². The second-order valence-corrected chi connectivity index (χ2v) is 22.6. The van der Waals surface area contributed by atoms with Crippen molar-refractivity contribution in [2.24, 2.45) is 0 Å². The molecule has 10 heteroatoms. The van der Waals surface area contributed by atoms with Crippen LogP contribution in [-0.2, 0) is 27.9 Å². The lowest BCUT2D eigenvalue weighted by Gasteiger charge is -2.30. The lowest BCUT2D eigenvalue weighted by Crippen LogP contribution is -2.47. The Bertz CT molecular complexity index is 1460. The normalized spacial score (nSPS) is 14.3.